The van der Waals surface area contributed by atoms with Crippen molar-refractivity contribution in [2.24, 2.45) is 0 Å². The average Bonchev–Trinajstić information content (AvgIpc) is 2.48. The monoisotopic (exact) mass is 264 g/mol. The van der Waals surface area contributed by atoms with E-state index in [1.165, 1.54) is 22.3 Å². The molecule has 0 N–H and O–H groups in total. The van der Waals surface area contributed by atoms with Gasteiger partial charge in [0.25, 0.3) is 0 Å². The van der Waals surface area contributed by atoms with Crippen LogP contribution in [0.15, 0.2) is 60.7 Å². The average molecular weight is 264 g/mol. The van der Waals surface area contributed by atoms with Gasteiger partial charge < -0.3 is 4.74 Å². The second kappa shape index (κ2) is 5.64. The Morgan fingerprint density at radius 1 is 0.800 bits per heavy atom. The van der Waals surface area contributed by atoms with Crippen LogP contribution in [0.2, 0.25) is 0 Å². The number of hydrogen-bond donors (Lipinski definition) is 0. The van der Waals surface area contributed by atoms with E-state index < -0.39 is 0 Å². The quantitative estimate of drug-likeness (QED) is 0.757. The fraction of sp³-hybridized carbons (Fsp3) is 0.263. The maximum Gasteiger partial charge on any atom is 0.0809 e. The van der Waals surface area contributed by atoms with Gasteiger partial charge in [0, 0.05) is 0 Å². The molecule has 1 aliphatic heterocycles. The van der Waals surface area contributed by atoms with Crippen LogP contribution in [0.25, 0.3) is 11.1 Å². The van der Waals surface area contributed by atoms with Gasteiger partial charge >= 0.3 is 0 Å². The Morgan fingerprint density at radius 2 is 1.35 bits per heavy atom. The summed E-state index contributed by atoms with van der Waals surface area (Å²) in [5, 5.41) is 0. The Balaban J connectivity index is 2.16. The molecule has 1 heteroatoms. The van der Waals surface area contributed by atoms with Crippen LogP contribution in [0, 0.1) is 0 Å². The molecule has 3 rings (SSSR count). The van der Waals surface area contributed by atoms with Crippen molar-refractivity contribution in [1.82, 2.24) is 0 Å². The van der Waals surface area contributed by atoms with Crippen molar-refractivity contribution in [3.8, 4) is 0 Å². The highest BCUT2D eigenvalue weighted by Crippen LogP contribution is 2.38. The van der Waals surface area contributed by atoms with Gasteiger partial charge in [0.05, 0.1) is 12.2 Å². The number of rotatable bonds is 2. The van der Waals surface area contributed by atoms with Gasteiger partial charge in [-0.25, -0.2) is 0 Å². The predicted molar refractivity (Wildman–Crippen MR) is 84.3 cm³/mol. The third-order valence-electron chi connectivity index (χ3n) is 3.87. The van der Waals surface area contributed by atoms with Gasteiger partial charge in [0.2, 0.25) is 0 Å². The first-order valence-electron chi connectivity index (χ1n) is 7.25. The van der Waals surface area contributed by atoms with Gasteiger partial charge in [-0.05, 0) is 42.5 Å². The van der Waals surface area contributed by atoms with E-state index in [-0.39, 0.29) is 12.2 Å². The molecular formula is C19H20O. The van der Waals surface area contributed by atoms with Gasteiger partial charge in [0.1, 0.15) is 0 Å². The molecule has 2 aromatic rings. The van der Waals surface area contributed by atoms with Gasteiger partial charge in [-0.1, -0.05) is 60.7 Å². The second-order valence-corrected chi connectivity index (χ2v) is 5.42. The summed E-state index contributed by atoms with van der Waals surface area (Å²) < 4.78 is 6.05. The summed E-state index contributed by atoms with van der Waals surface area (Å²) in [6, 6.07) is 21.3. The largest absolute Gasteiger partial charge is 0.371 e. The van der Waals surface area contributed by atoms with Crippen LogP contribution in [0.3, 0.4) is 0 Å². The molecule has 0 saturated carbocycles. The molecule has 2 atom stereocenters. The molecule has 0 aliphatic carbocycles. The normalized spacial score (nSPS) is 22.9. The Labute approximate surface area is 120 Å². The molecule has 0 radical (unpaired) electrons. The topological polar surface area (TPSA) is 9.23 Å². The minimum atomic E-state index is 0.136. The number of ether oxygens (including phenoxy) is 1. The zero-order valence-electron chi connectivity index (χ0n) is 12.0. The summed E-state index contributed by atoms with van der Waals surface area (Å²) in [4.78, 5) is 0. The summed E-state index contributed by atoms with van der Waals surface area (Å²) >= 11 is 0. The first-order valence-corrected chi connectivity index (χ1v) is 7.25. The highest BCUT2D eigenvalue weighted by molar-refractivity contribution is 5.93. The van der Waals surface area contributed by atoms with Gasteiger partial charge in [-0.2, -0.15) is 0 Å². The molecule has 0 fully saturated rings. The van der Waals surface area contributed by atoms with E-state index in [4.69, 9.17) is 4.74 Å². The van der Waals surface area contributed by atoms with Crippen molar-refractivity contribution < 1.29 is 4.74 Å². The van der Waals surface area contributed by atoms with Gasteiger partial charge in [-0.15, -0.1) is 0 Å². The summed E-state index contributed by atoms with van der Waals surface area (Å²) in [6.07, 6.45) is 1.38. The molecule has 20 heavy (non-hydrogen) atoms. The van der Waals surface area contributed by atoms with E-state index in [0.717, 1.165) is 6.42 Å². The maximum absolute atomic E-state index is 6.05. The van der Waals surface area contributed by atoms with E-state index in [2.05, 4.69) is 74.5 Å². The maximum atomic E-state index is 6.05. The highest BCUT2D eigenvalue weighted by Gasteiger charge is 2.26. The predicted octanol–water partition coefficient (Wildman–Crippen LogP) is 4.79. The van der Waals surface area contributed by atoms with Crippen molar-refractivity contribution in [1.29, 1.82) is 0 Å². The smallest absolute Gasteiger partial charge is 0.0809 e. The summed E-state index contributed by atoms with van der Waals surface area (Å²) in [7, 11) is 0. The molecule has 102 valence electrons. The third-order valence-corrected chi connectivity index (χ3v) is 3.87. The van der Waals surface area contributed by atoms with Gasteiger partial charge in [-0.3, -0.25) is 0 Å². The van der Waals surface area contributed by atoms with Crippen LogP contribution in [0.4, 0.5) is 0 Å². The number of benzene rings is 2. The van der Waals surface area contributed by atoms with E-state index in [1.807, 2.05) is 0 Å². The zero-order valence-corrected chi connectivity index (χ0v) is 12.0. The van der Waals surface area contributed by atoms with Crippen molar-refractivity contribution in [2.45, 2.75) is 32.5 Å². The van der Waals surface area contributed by atoms with Crippen molar-refractivity contribution >= 4 is 11.1 Å². The van der Waals surface area contributed by atoms with Crippen molar-refractivity contribution in [2.75, 3.05) is 0 Å². The lowest BCUT2D eigenvalue weighted by molar-refractivity contribution is 0.0366. The summed E-state index contributed by atoms with van der Waals surface area (Å²) in [5.74, 6) is 0. The van der Waals surface area contributed by atoms with Crippen LogP contribution in [0.5, 0.6) is 0 Å². The van der Waals surface area contributed by atoms with Crippen LogP contribution < -0.4 is 0 Å². The Bertz CT molecular complexity index is 598. The fourth-order valence-corrected chi connectivity index (χ4v) is 3.05. The molecular weight excluding hydrogens is 244 g/mol. The minimum absolute atomic E-state index is 0.136. The third kappa shape index (κ3) is 2.54. The van der Waals surface area contributed by atoms with Crippen LogP contribution in [-0.4, -0.2) is 12.2 Å². The van der Waals surface area contributed by atoms with Crippen LogP contribution in [-0.2, 0) is 4.74 Å². The molecule has 1 nitrogen and oxygen atoms in total. The highest BCUT2D eigenvalue weighted by atomic mass is 16.5. The summed E-state index contributed by atoms with van der Waals surface area (Å²) in [6.45, 7) is 4.31. The number of hydrogen-bond acceptors (Lipinski definition) is 1. The van der Waals surface area contributed by atoms with Crippen LogP contribution >= 0.6 is 0 Å². The first-order chi connectivity index (χ1) is 9.75. The lowest BCUT2D eigenvalue weighted by atomic mass is 9.86. The SMILES string of the molecule is CC1CC(c2ccccc2)=C(c2ccccc2)C(C)O1. The van der Waals surface area contributed by atoms with E-state index in [9.17, 15) is 0 Å². The molecule has 2 aromatic carbocycles. The summed E-state index contributed by atoms with van der Waals surface area (Å²) in [5.41, 5.74) is 5.33. The standard InChI is InChI=1S/C19H20O/c1-14-13-18(16-9-5-3-6-10-16)19(15(2)20-14)17-11-7-4-8-12-17/h3-12,14-15H,13H2,1-2H3. The Kier molecular flexibility index (Phi) is 3.70. The minimum Gasteiger partial charge on any atom is -0.371 e. The fourth-order valence-electron chi connectivity index (χ4n) is 3.05. The van der Waals surface area contributed by atoms with Crippen LogP contribution in [0.1, 0.15) is 31.4 Å². The second-order valence-electron chi connectivity index (χ2n) is 5.42. The molecule has 2 unspecified atom stereocenters. The van der Waals surface area contributed by atoms with E-state index in [0.29, 0.717) is 0 Å². The Hall–Kier alpha value is -1.86. The molecule has 0 saturated heterocycles. The first kappa shape index (κ1) is 13.1. The molecule has 1 aliphatic rings. The molecule has 1 heterocycles. The lowest BCUT2D eigenvalue weighted by Crippen LogP contribution is -2.25. The zero-order chi connectivity index (χ0) is 13.9. The van der Waals surface area contributed by atoms with Gasteiger partial charge in [0.15, 0.2) is 0 Å². The molecule has 0 amide bonds. The molecule has 0 spiro atoms. The van der Waals surface area contributed by atoms with E-state index in [1.54, 1.807) is 0 Å². The Morgan fingerprint density at radius 3 is 1.95 bits per heavy atom. The molecule has 0 aromatic heterocycles. The van der Waals surface area contributed by atoms with Crippen molar-refractivity contribution in [3.63, 3.8) is 0 Å². The lowest BCUT2D eigenvalue weighted by Gasteiger charge is -2.31. The molecule has 0 bridgehead atoms. The van der Waals surface area contributed by atoms with E-state index >= 15 is 0 Å². The van der Waals surface area contributed by atoms with Crippen molar-refractivity contribution in [3.05, 3.63) is 71.8 Å².